The maximum absolute atomic E-state index is 13.3. The molecule has 2 aromatic heterocycles. The maximum Gasteiger partial charge on any atom is 0.269 e. The number of halogens is 1. The zero-order valence-electron chi connectivity index (χ0n) is 16.7. The number of thiazole rings is 1. The largest absolute Gasteiger partial charge is 0.460 e. The van der Waals surface area contributed by atoms with Gasteiger partial charge in [-0.1, -0.05) is 0 Å². The van der Waals surface area contributed by atoms with Crippen LogP contribution in [0.25, 0.3) is 11.3 Å². The molecule has 0 unspecified atom stereocenters. The van der Waals surface area contributed by atoms with Gasteiger partial charge in [-0.25, -0.2) is 14.1 Å². The van der Waals surface area contributed by atoms with Gasteiger partial charge in [0.25, 0.3) is 5.69 Å². The Morgan fingerprint density at radius 2 is 1.81 bits per heavy atom. The number of hydrogen-bond acceptors (Lipinski definition) is 6. The molecule has 0 aliphatic rings. The topological polar surface area (TPSA) is 85.9 Å². The van der Waals surface area contributed by atoms with Crippen molar-refractivity contribution in [2.24, 2.45) is 10.1 Å². The van der Waals surface area contributed by atoms with Crippen molar-refractivity contribution in [3.05, 3.63) is 98.3 Å². The first-order chi connectivity index (χ1) is 14.9. The van der Waals surface area contributed by atoms with E-state index in [1.165, 1.54) is 35.6 Å². The monoisotopic (exact) mass is 436 g/mol. The number of hydrogen-bond donors (Lipinski definition) is 0. The average Bonchev–Trinajstić information content (AvgIpc) is 3.36. The summed E-state index contributed by atoms with van der Waals surface area (Å²) in [4.78, 5) is 15.7. The Labute approximate surface area is 180 Å². The van der Waals surface area contributed by atoms with Crippen LogP contribution in [-0.2, 0) is 0 Å². The van der Waals surface area contributed by atoms with E-state index in [2.05, 4.69) is 4.99 Å². The van der Waals surface area contributed by atoms with Crippen molar-refractivity contribution in [3.8, 4) is 11.3 Å². The van der Waals surface area contributed by atoms with Gasteiger partial charge in [0.1, 0.15) is 23.0 Å². The van der Waals surface area contributed by atoms with Crippen LogP contribution in [0.2, 0.25) is 0 Å². The van der Waals surface area contributed by atoms with E-state index < -0.39 is 4.92 Å². The molecule has 2 heterocycles. The van der Waals surface area contributed by atoms with E-state index in [1.54, 1.807) is 28.9 Å². The zero-order valence-corrected chi connectivity index (χ0v) is 17.5. The van der Waals surface area contributed by atoms with Crippen molar-refractivity contribution in [1.82, 2.24) is 4.68 Å². The summed E-state index contributed by atoms with van der Waals surface area (Å²) >= 11 is 1.35. The summed E-state index contributed by atoms with van der Waals surface area (Å²) in [5.74, 6) is 1.05. The minimum Gasteiger partial charge on any atom is -0.460 e. The lowest BCUT2D eigenvalue weighted by Crippen LogP contribution is -2.13. The van der Waals surface area contributed by atoms with Gasteiger partial charge < -0.3 is 4.42 Å². The molecular weight excluding hydrogens is 419 g/mol. The quantitative estimate of drug-likeness (QED) is 0.229. The molecule has 156 valence electrons. The summed E-state index contributed by atoms with van der Waals surface area (Å²) in [5.41, 5.74) is 2.68. The molecule has 0 N–H and O–H groups in total. The number of aryl methyl sites for hydroxylation is 1. The lowest BCUT2D eigenvalue weighted by Gasteiger charge is -2.05. The molecule has 0 saturated carbocycles. The Morgan fingerprint density at radius 3 is 2.42 bits per heavy atom. The van der Waals surface area contributed by atoms with Crippen molar-refractivity contribution >= 4 is 28.4 Å². The molecule has 31 heavy (non-hydrogen) atoms. The molecule has 0 aliphatic carbocycles. The number of non-ortho nitro benzene ring substituents is 1. The number of nitro benzene ring substituents is 1. The fraction of sp³-hybridized carbons (Fsp3) is 0.0909. The Balaban J connectivity index is 1.86. The maximum atomic E-state index is 13.3. The highest BCUT2D eigenvalue weighted by atomic mass is 32.1. The average molecular weight is 436 g/mol. The van der Waals surface area contributed by atoms with E-state index in [-0.39, 0.29) is 11.5 Å². The van der Waals surface area contributed by atoms with Crippen molar-refractivity contribution in [2.45, 2.75) is 13.8 Å². The molecule has 4 aromatic rings. The predicted octanol–water partition coefficient (Wildman–Crippen LogP) is 5.67. The summed E-state index contributed by atoms with van der Waals surface area (Å²) in [6.07, 6.45) is 0. The van der Waals surface area contributed by atoms with Gasteiger partial charge in [-0.3, -0.25) is 10.1 Å². The number of benzene rings is 2. The van der Waals surface area contributed by atoms with Crippen LogP contribution in [-0.4, -0.2) is 15.3 Å². The van der Waals surface area contributed by atoms with Crippen LogP contribution in [0.5, 0.6) is 0 Å². The molecule has 4 rings (SSSR count). The van der Waals surface area contributed by atoms with Crippen molar-refractivity contribution in [2.75, 3.05) is 0 Å². The van der Waals surface area contributed by atoms with Crippen LogP contribution in [0.3, 0.4) is 0 Å². The minimum absolute atomic E-state index is 0.00694. The Morgan fingerprint density at radius 1 is 1.10 bits per heavy atom. The lowest BCUT2D eigenvalue weighted by molar-refractivity contribution is -0.384. The molecular formula is C22H17FN4O3S. The molecule has 2 aromatic carbocycles. The van der Waals surface area contributed by atoms with Crippen LogP contribution < -0.4 is 4.80 Å². The minimum atomic E-state index is -0.442. The second-order valence-electron chi connectivity index (χ2n) is 6.70. The van der Waals surface area contributed by atoms with Gasteiger partial charge in [0, 0.05) is 23.1 Å². The third-order valence-corrected chi connectivity index (χ3v) is 5.27. The first-order valence-corrected chi connectivity index (χ1v) is 10.2. The summed E-state index contributed by atoms with van der Waals surface area (Å²) in [5, 5.41) is 17.5. The zero-order chi connectivity index (χ0) is 22.0. The Bertz CT molecular complexity index is 1330. The first kappa shape index (κ1) is 20.4. The van der Waals surface area contributed by atoms with E-state index >= 15 is 0 Å². The Hall–Kier alpha value is -3.85. The third-order valence-electron chi connectivity index (χ3n) is 4.46. The van der Waals surface area contributed by atoms with Gasteiger partial charge in [0.05, 0.1) is 16.3 Å². The fourth-order valence-electron chi connectivity index (χ4n) is 2.88. The second kappa shape index (κ2) is 8.49. The van der Waals surface area contributed by atoms with Crippen molar-refractivity contribution in [1.29, 1.82) is 0 Å². The smallest absolute Gasteiger partial charge is 0.269 e. The Kier molecular flexibility index (Phi) is 5.59. The fourth-order valence-corrected chi connectivity index (χ4v) is 3.73. The summed E-state index contributed by atoms with van der Waals surface area (Å²) < 4.78 is 20.6. The van der Waals surface area contributed by atoms with Crippen molar-refractivity contribution in [3.63, 3.8) is 0 Å². The number of furan rings is 1. The van der Waals surface area contributed by atoms with Crippen LogP contribution >= 0.6 is 11.3 Å². The van der Waals surface area contributed by atoms with E-state index in [0.29, 0.717) is 27.7 Å². The first-order valence-electron chi connectivity index (χ1n) is 9.29. The number of rotatable bonds is 5. The van der Waals surface area contributed by atoms with Gasteiger partial charge in [0.2, 0.25) is 4.80 Å². The lowest BCUT2D eigenvalue weighted by atomic mass is 10.1. The van der Waals surface area contributed by atoms with E-state index in [4.69, 9.17) is 9.52 Å². The molecule has 0 aliphatic heterocycles. The predicted molar refractivity (Wildman–Crippen MR) is 117 cm³/mol. The highest BCUT2D eigenvalue weighted by Crippen LogP contribution is 2.24. The molecule has 0 atom stereocenters. The number of nitro groups is 1. The third kappa shape index (κ3) is 4.51. The van der Waals surface area contributed by atoms with E-state index in [0.717, 1.165) is 11.3 Å². The number of aromatic nitrogens is 1. The van der Waals surface area contributed by atoms with Crippen molar-refractivity contribution < 1.29 is 13.7 Å². The highest BCUT2D eigenvalue weighted by Gasteiger charge is 2.12. The molecule has 0 radical (unpaired) electrons. The van der Waals surface area contributed by atoms with Gasteiger partial charge >= 0.3 is 0 Å². The van der Waals surface area contributed by atoms with Crippen LogP contribution in [0, 0.1) is 22.9 Å². The van der Waals surface area contributed by atoms with Crippen LogP contribution in [0.4, 0.5) is 15.8 Å². The standard InChI is InChI=1S/C22H17FN4O3S/c1-14-3-12-21(30-14)15(2)25-26-20(16-4-10-19(11-5-16)27(28)29)13-31-22(26)24-18-8-6-17(23)7-9-18/h3-13H,1-2H3. The van der Waals surface area contributed by atoms with Gasteiger partial charge in [-0.05, 0) is 62.4 Å². The van der Waals surface area contributed by atoms with E-state index in [1.807, 2.05) is 31.4 Å². The highest BCUT2D eigenvalue weighted by molar-refractivity contribution is 7.07. The molecule has 0 saturated heterocycles. The normalized spacial score (nSPS) is 12.4. The van der Waals surface area contributed by atoms with Crippen LogP contribution in [0.15, 0.2) is 80.6 Å². The SMILES string of the molecule is CC(=Nn1c(-c2ccc([N+](=O)[O-])cc2)csc1=Nc1ccc(F)cc1)c1ccc(C)o1. The van der Waals surface area contributed by atoms with E-state index in [9.17, 15) is 14.5 Å². The summed E-state index contributed by atoms with van der Waals surface area (Å²) in [6.45, 7) is 3.68. The second-order valence-corrected chi connectivity index (χ2v) is 7.54. The van der Waals surface area contributed by atoms with Crippen LogP contribution in [0.1, 0.15) is 18.4 Å². The van der Waals surface area contributed by atoms with Gasteiger partial charge in [-0.2, -0.15) is 5.10 Å². The molecule has 9 heteroatoms. The number of nitrogens with zero attached hydrogens (tertiary/aromatic N) is 4. The summed E-state index contributed by atoms with van der Waals surface area (Å²) in [6, 6.07) is 15.8. The molecule has 0 bridgehead atoms. The molecule has 0 fully saturated rings. The summed E-state index contributed by atoms with van der Waals surface area (Å²) in [7, 11) is 0. The van der Waals surface area contributed by atoms with Gasteiger partial charge in [-0.15, -0.1) is 11.3 Å². The van der Waals surface area contributed by atoms with Gasteiger partial charge in [0.15, 0.2) is 0 Å². The molecule has 0 spiro atoms. The molecule has 7 nitrogen and oxygen atoms in total. The molecule has 0 amide bonds.